The lowest BCUT2D eigenvalue weighted by Crippen LogP contribution is -2.01. The first-order chi connectivity index (χ1) is 13.1. The molecule has 4 aromatic rings. The zero-order valence-electron chi connectivity index (χ0n) is 14.3. The molecule has 0 aliphatic rings. The summed E-state index contributed by atoms with van der Waals surface area (Å²) in [4.78, 5) is 28.3. The van der Waals surface area contributed by atoms with E-state index in [1.54, 1.807) is 18.5 Å². The molecular weight excluding hydrogens is 344 g/mol. The molecule has 27 heavy (non-hydrogen) atoms. The zero-order valence-corrected chi connectivity index (χ0v) is 14.3. The van der Waals surface area contributed by atoms with E-state index >= 15 is 0 Å². The second-order valence-electron chi connectivity index (χ2n) is 5.88. The second kappa shape index (κ2) is 6.75. The van der Waals surface area contributed by atoms with Gasteiger partial charge in [0.15, 0.2) is 5.82 Å². The van der Waals surface area contributed by atoms with E-state index in [1.807, 2.05) is 37.3 Å². The Morgan fingerprint density at radius 2 is 1.81 bits per heavy atom. The summed E-state index contributed by atoms with van der Waals surface area (Å²) < 4.78 is 0. The molecule has 0 radical (unpaired) electrons. The van der Waals surface area contributed by atoms with Gasteiger partial charge in [-0.05, 0) is 37.3 Å². The molecule has 3 aromatic heterocycles. The maximum Gasteiger partial charge on any atom is 0.271 e. The van der Waals surface area contributed by atoms with Crippen molar-refractivity contribution >= 4 is 28.1 Å². The van der Waals surface area contributed by atoms with E-state index in [1.165, 1.54) is 12.1 Å². The molecule has 1 aromatic carbocycles. The molecule has 0 saturated heterocycles. The Hall–Kier alpha value is -3.94. The molecule has 0 atom stereocenters. The van der Waals surface area contributed by atoms with Crippen LogP contribution in [0.4, 0.5) is 17.2 Å². The summed E-state index contributed by atoms with van der Waals surface area (Å²) in [6.07, 6.45) is 3.33. The van der Waals surface area contributed by atoms with Crippen molar-refractivity contribution in [3.05, 3.63) is 76.7 Å². The van der Waals surface area contributed by atoms with Gasteiger partial charge in [0.05, 0.1) is 10.4 Å². The van der Waals surface area contributed by atoms with Crippen LogP contribution < -0.4 is 5.32 Å². The van der Waals surface area contributed by atoms with Crippen LogP contribution in [0.2, 0.25) is 0 Å². The lowest BCUT2D eigenvalue weighted by Gasteiger charge is -2.11. The highest BCUT2D eigenvalue weighted by molar-refractivity contribution is 5.93. The molecule has 0 bridgehead atoms. The van der Waals surface area contributed by atoms with Crippen LogP contribution >= 0.6 is 0 Å². The summed E-state index contributed by atoms with van der Waals surface area (Å²) in [7, 11) is 0. The van der Waals surface area contributed by atoms with E-state index < -0.39 is 4.92 Å². The Kier molecular flexibility index (Phi) is 4.13. The van der Waals surface area contributed by atoms with E-state index in [2.05, 4.69) is 25.3 Å². The van der Waals surface area contributed by atoms with Gasteiger partial charge in [-0.1, -0.05) is 6.07 Å². The van der Waals surface area contributed by atoms with Crippen LogP contribution in [-0.4, -0.2) is 24.9 Å². The molecule has 132 valence electrons. The van der Waals surface area contributed by atoms with Gasteiger partial charge in [-0.3, -0.25) is 15.1 Å². The summed E-state index contributed by atoms with van der Waals surface area (Å²) in [5.74, 6) is 0.933. The third-order valence-electron chi connectivity index (χ3n) is 3.95. The molecule has 8 heteroatoms. The van der Waals surface area contributed by atoms with Crippen LogP contribution in [0, 0.1) is 17.0 Å². The van der Waals surface area contributed by atoms with Gasteiger partial charge in [-0.15, -0.1) is 0 Å². The number of non-ortho nitro benzene ring substituents is 1. The summed E-state index contributed by atoms with van der Waals surface area (Å²) in [5.41, 5.74) is 2.67. The Labute approximate surface area is 154 Å². The second-order valence-corrected chi connectivity index (χ2v) is 5.88. The van der Waals surface area contributed by atoms with Crippen LogP contribution in [-0.2, 0) is 0 Å². The number of hydrogen-bond donors (Lipinski definition) is 1. The summed E-state index contributed by atoms with van der Waals surface area (Å²) in [6, 6.07) is 13.7. The molecule has 0 saturated carbocycles. The van der Waals surface area contributed by atoms with Crippen LogP contribution in [0.15, 0.2) is 60.9 Å². The van der Waals surface area contributed by atoms with E-state index in [0.717, 1.165) is 11.4 Å². The fourth-order valence-electron chi connectivity index (χ4n) is 2.68. The molecule has 1 N–H and O–H groups in total. The van der Waals surface area contributed by atoms with E-state index in [-0.39, 0.29) is 5.69 Å². The molecule has 0 spiro atoms. The highest BCUT2D eigenvalue weighted by Gasteiger charge is 2.14. The lowest BCUT2D eigenvalue weighted by molar-refractivity contribution is -0.384. The molecular formula is C19H14N6O2. The number of aryl methyl sites for hydroxylation is 1. The average Bonchev–Trinajstić information content (AvgIpc) is 2.68. The average molecular weight is 358 g/mol. The van der Waals surface area contributed by atoms with Gasteiger partial charge in [-0.25, -0.2) is 15.0 Å². The number of nitro benzene ring substituents is 1. The normalized spacial score (nSPS) is 10.7. The van der Waals surface area contributed by atoms with Crippen molar-refractivity contribution in [1.29, 1.82) is 0 Å². The highest BCUT2D eigenvalue weighted by atomic mass is 16.6. The number of nitro groups is 1. The third-order valence-corrected chi connectivity index (χ3v) is 3.95. The van der Waals surface area contributed by atoms with Crippen molar-refractivity contribution in [1.82, 2.24) is 19.9 Å². The SMILES string of the molecule is Cc1cccc(-c2nc(Nc3ccncc3)c3ccc([N+](=O)[O-])cc3n2)n1. The summed E-state index contributed by atoms with van der Waals surface area (Å²) in [5, 5.41) is 15.1. The molecule has 0 fully saturated rings. The van der Waals surface area contributed by atoms with E-state index in [0.29, 0.717) is 28.2 Å². The van der Waals surface area contributed by atoms with Gasteiger partial charge in [0.25, 0.3) is 5.69 Å². The predicted molar refractivity (Wildman–Crippen MR) is 102 cm³/mol. The highest BCUT2D eigenvalue weighted by Crippen LogP contribution is 2.29. The Morgan fingerprint density at radius 3 is 2.56 bits per heavy atom. The first kappa shape index (κ1) is 16.5. The topological polar surface area (TPSA) is 107 Å². The van der Waals surface area contributed by atoms with Crippen LogP contribution in [0.5, 0.6) is 0 Å². The number of aromatic nitrogens is 4. The largest absolute Gasteiger partial charge is 0.340 e. The number of hydrogen-bond acceptors (Lipinski definition) is 7. The minimum absolute atomic E-state index is 0.0285. The van der Waals surface area contributed by atoms with Crippen LogP contribution in [0.25, 0.3) is 22.4 Å². The first-order valence-corrected chi connectivity index (χ1v) is 8.17. The quantitative estimate of drug-likeness (QED) is 0.433. The molecule has 3 heterocycles. The smallest absolute Gasteiger partial charge is 0.271 e. The minimum Gasteiger partial charge on any atom is -0.340 e. The zero-order chi connectivity index (χ0) is 18.8. The van der Waals surface area contributed by atoms with Gasteiger partial charge in [0, 0.05) is 41.3 Å². The predicted octanol–water partition coefficient (Wildman–Crippen LogP) is 4.05. The first-order valence-electron chi connectivity index (χ1n) is 8.17. The van der Waals surface area contributed by atoms with Gasteiger partial charge in [0.2, 0.25) is 0 Å². The number of benzene rings is 1. The van der Waals surface area contributed by atoms with Gasteiger partial charge >= 0.3 is 0 Å². The summed E-state index contributed by atoms with van der Waals surface area (Å²) in [6.45, 7) is 1.88. The maximum absolute atomic E-state index is 11.1. The third kappa shape index (κ3) is 3.40. The molecule has 0 unspecified atom stereocenters. The Balaban J connectivity index is 1.92. The minimum atomic E-state index is -0.442. The lowest BCUT2D eigenvalue weighted by atomic mass is 10.2. The fraction of sp³-hybridized carbons (Fsp3) is 0.0526. The molecule has 0 aliphatic heterocycles. The standard InChI is InChI=1S/C19H14N6O2/c1-12-3-2-4-16(21-12)19-23-17-11-14(25(26)27)5-6-15(17)18(24-19)22-13-7-9-20-10-8-13/h2-11H,1H3,(H,20,22,23,24). The summed E-state index contributed by atoms with van der Waals surface area (Å²) >= 11 is 0. The van der Waals surface area contributed by atoms with E-state index in [4.69, 9.17) is 0 Å². The van der Waals surface area contributed by atoms with Crippen molar-refractivity contribution < 1.29 is 4.92 Å². The molecule has 8 nitrogen and oxygen atoms in total. The number of rotatable bonds is 4. The number of pyridine rings is 2. The molecule has 0 aliphatic carbocycles. The number of anilines is 2. The molecule has 4 rings (SSSR count). The molecule has 0 amide bonds. The van der Waals surface area contributed by atoms with Crippen molar-refractivity contribution in [3.8, 4) is 11.5 Å². The number of nitrogens with zero attached hydrogens (tertiary/aromatic N) is 5. The van der Waals surface area contributed by atoms with Crippen molar-refractivity contribution in [3.63, 3.8) is 0 Å². The van der Waals surface area contributed by atoms with Gasteiger partial charge in [-0.2, -0.15) is 0 Å². The van der Waals surface area contributed by atoms with Crippen molar-refractivity contribution in [2.24, 2.45) is 0 Å². The Morgan fingerprint density at radius 1 is 1.00 bits per heavy atom. The number of fused-ring (bicyclic) bond motifs is 1. The van der Waals surface area contributed by atoms with Crippen molar-refractivity contribution in [2.45, 2.75) is 6.92 Å². The van der Waals surface area contributed by atoms with E-state index in [9.17, 15) is 10.1 Å². The van der Waals surface area contributed by atoms with Crippen LogP contribution in [0.3, 0.4) is 0 Å². The van der Waals surface area contributed by atoms with Gasteiger partial charge in [0.1, 0.15) is 11.5 Å². The fourth-order valence-corrected chi connectivity index (χ4v) is 2.68. The Bertz CT molecular complexity index is 1150. The van der Waals surface area contributed by atoms with Crippen LogP contribution in [0.1, 0.15) is 5.69 Å². The monoisotopic (exact) mass is 358 g/mol. The van der Waals surface area contributed by atoms with Crippen molar-refractivity contribution in [2.75, 3.05) is 5.32 Å². The maximum atomic E-state index is 11.1. The number of nitrogens with one attached hydrogen (secondary N) is 1. The van der Waals surface area contributed by atoms with Gasteiger partial charge < -0.3 is 5.32 Å².